The molecule has 2 atom stereocenters. The Bertz CT molecular complexity index is 793. The molecule has 8 nitrogen and oxygen atoms in total. The molecule has 3 heterocycles. The summed E-state index contributed by atoms with van der Waals surface area (Å²) in [5.41, 5.74) is 0.922. The highest BCUT2D eigenvalue weighted by molar-refractivity contribution is 7.86. The Labute approximate surface area is 148 Å². The summed E-state index contributed by atoms with van der Waals surface area (Å²) in [5, 5.41) is 4.46. The molecule has 3 rings (SSSR count). The fraction of sp³-hybridized carbons (Fsp3) is 0.750. The molecule has 2 aliphatic heterocycles. The summed E-state index contributed by atoms with van der Waals surface area (Å²) in [7, 11) is -1.99. The Hall–Kier alpha value is -1.77. The maximum atomic E-state index is 12.7. The van der Waals surface area contributed by atoms with E-state index >= 15 is 0 Å². The van der Waals surface area contributed by atoms with Gasteiger partial charge in [-0.2, -0.15) is 13.5 Å². The highest BCUT2D eigenvalue weighted by Crippen LogP contribution is 2.44. The second-order valence-corrected chi connectivity index (χ2v) is 9.35. The number of fused-ring (bicyclic) bond motifs is 4. The van der Waals surface area contributed by atoms with Crippen LogP contribution in [-0.4, -0.2) is 47.1 Å². The minimum Gasteiger partial charge on any atom is -0.444 e. The monoisotopic (exact) mass is 371 g/mol. The van der Waals surface area contributed by atoms with Crippen LogP contribution in [0.25, 0.3) is 0 Å². The summed E-state index contributed by atoms with van der Waals surface area (Å²) in [6.45, 7) is 5.53. The number of piperidine rings is 1. The SMILES string of the molecule is Cn1nc2c(c1OS(C)(=O)=O)C[C@@H]1CCC[C@@H]2N1C(=O)OC(C)(C)C. The largest absolute Gasteiger partial charge is 0.444 e. The Kier molecular flexibility index (Phi) is 4.25. The zero-order valence-corrected chi connectivity index (χ0v) is 16.1. The molecule has 0 saturated carbocycles. The number of amides is 1. The van der Waals surface area contributed by atoms with Crippen molar-refractivity contribution in [1.29, 1.82) is 0 Å². The van der Waals surface area contributed by atoms with Crippen molar-refractivity contribution in [3.63, 3.8) is 0 Å². The third-order valence-electron chi connectivity index (χ3n) is 4.45. The minimum absolute atomic E-state index is 0.0350. The highest BCUT2D eigenvalue weighted by atomic mass is 32.2. The molecule has 1 aromatic heterocycles. The summed E-state index contributed by atoms with van der Waals surface area (Å²) in [5.74, 6) is 0.248. The Morgan fingerprint density at radius 3 is 2.56 bits per heavy atom. The number of aryl methyl sites for hydroxylation is 1. The average Bonchev–Trinajstić information content (AvgIpc) is 2.72. The van der Waals surface area contributed by atoms with Gasteiger partial charge in [0, 0.05) is 25.1 Å². The van der Waals surface area contributed by atoms with Gasteiger partial charge in [-0.25, -0.2) is 9.48 Å². The molecule has 0 N–H and O–H groups in total. The van der Waals surface area contributed by atoms with Crippen molar-refractivity contribution in [2.75, 3.05) is 6.26 Å². The molecular weight excluding hydrogens is 346 g/mol. The maximum Gasteiger partial charge on any atom is 0.411 e. The highest BCUT2D eigenvalue weighted by Gasteiger charge is 2.45. The van der Waals surface area contributed by atoms with Gasteiger partial charge in [0.05, 0.1) is 18.0 Å². The van der Waals surface area contributed by atoms with Gasteiger partial charge in [-0.1, -0.05) is 0 Å². The second kappa shape index (κ2) is 5.89. The molecule has 0 spiro atoms. The van der Waals surface area contributed by atoms with E-state index in [9.17, 15) is 13.2 Å². The quantitative estimate of drug-likeness (QED) is 0.740. The van der Waals surface area contributed by atoms with Crippen LogP contribution in [0.3, 0.4) is 0 Å². The lowest BCUT2D eigenvalue weighted by atomic mass is 9.84. The first-order valence-corrected chi connectivity index (χ1v) is 10.2. The zero-order valence-electron chi connectivity index (χ0n) is 15.3. The van der Waals surface area contributed by atoms with Gasteiger partial charge in [0.15, 0.2) is 0 Å². The molecule has 1 amide bonds. The van der Waals surface area contributed by atoms with E-state index in [-0.39, 0.29) is 24.1 Å². The molecule has 0 aromatic carbocycles. The molecular formula is C16H25N3O5S. The van der Waals surface area contributed by atoms with Crippen LogP contribution >= 0.6 is 0 Å². The number of hydrogen-bond donors (Lipinski definition) is 0. The van der Waals surface area contributed by atoms with Crippen LogP contribution in [0, 0.1) is 0 Å². The van der Waals surface area contributed by atoms with E-state index in [1.165, 1.54) is 4.68 Å². The Balaban J connectivity index is 1.98. The first-order chi connectivity index (χ1) is 11.5. The van der Waals surface area contributed by atoms with E-state index in [2.05, 4.69) is 5.10 Å². The number of carbonyl (C=O) groups excluding carboxylic acids is 1. The van der Waals surface area contributed by atoms with E-state index in [0.29, 0.717) is 12.1 Å². The zero-order chi connectivity index (χ0) is 18.6. The van der Waals surface area contributed by atoms with Gasteiger partial charge in [0.25, 0.3) is 0 Å². The van der Waals surface area contributed by atoms with Crippen molar-refractivity contribution < 1.29 is 22.1 Å². The number of nitrogens with zero attached hydrogens (tertiary/aromatic N) is 3. The third kappa shape index (κ3) is 3.61. The standard InChI is InChI=1S/C16H25N3O5S/c1-16(2,3)23-15(20)19-10-7-6-8-12(19)13-11(9-10)14(18(4)17-13)24-25(5,21)22/h10,12H,6-9H2,1-5H3/t10-,12-/m0/s1. The predicted molar refractivity (Wildman–Crippen MR) is 90.8 cm³/mol. The number of carbonyl (C=O) groups is 1. The molecule has 1 saturated heterocycles. The maximum absolute atomic E-state index is 12.7. The fourth-order valence-electron chi connectivity index (χ4n) is 3.65. The Morgan fingerprint density at radius 2 is 1.96 bits per heavy atom. The molecule has 2 aliphatic rings. The minimum atomic E-state index is -3.65. The van der Waals surface area contributed by atoms with Crippen molar-refractivity contribution in [3.05, 3.63) is 11.3 Å². The number of aromatic nitrogens is 2. The van der Waals surface area contributed by atoms with Gasteiger partial charge in [-0.3, -0.25) is 4.90 Å². The second-order valence-electron chi connectivity index (χ2n) is 7.77. The van der Waals surface area contributed by atoms with E-state index in [1.54, 1.807) is 11.9 Å². The fourth-order valence-corrected chi connectivity index (χ4v) is 4.15. The van der Waals surface area contributed by atoms with Crippen molar-refractivity contribution >= 4 is 16.2 Å². The van der Waals surface area contributed by atoms with Crippen molar-refractivity contribution in [3.8, 4) is 5.88 Å². The lowest BCUT2D eigenvalue weighted by Gasteiger charge is -2.45. The lowest BCUT2D eigenvalue weighted by Crippen LogP contribution is -2.51. The van der Waals surface area contributed by atoms with Gasteiger partial charge >= 0.3 is 16.2 Å². The van der Waals surface area contributed by atoms with E-state index in [1.807, 2.05) is 20.8 Å². The third-order valence-corrected chi connectivity index (χ3v) is 4.91. The summed E-state index contributed by atoms with van der Waals surface area (Å²) < 4.78 is 35.3. The van der Waals surface area contributed by atoms with Crippen molar-refractivity contribution in [2.45, 2.75) is 64.1 Å². The summed E-state index contributed by atoms with van der Waals surface area (Å²) in [6, 6.07) is -0.243. The smallest absolute Gasteiger partial charge is 0.411 e. The molecule has 25 heavy (non-hydrogen) atoms. The van der Waals surface area contributed by atoms with Gasteiger partial charge < -0.3 is 8.92 Å². The summed E-state index contributed by atoms with van der Waals surface area (Å²) in [4.78, 5) is 14.5. The Morgan fingerprint density at radius 1 is 1.28 bits per heavy atom. The van der Waals surface area contributed by atoms with Crippen molar-refractivity contribution in [1.82, 2.24) is 14.7 Å². The lowest BCUT2D eigenvalue weighted by molar-refractivity contribution is -0.0104. The molecule has 2 bridgehead atoms. The van der Waals surface area contributed by atoms with Crippen LogP contribution in [0.5, 0.6) is 5.88 Å². The van der Waals surface area contributed by atoms with Crippen LogP contribution < -0.4 is 4.18 Å². The van der Waals surface area contributed by atoms with Gasteiger partial charge in [-0.05, 0) is 40.0 Å². The predicted octanol–water partition coefficient (Wildman–Crippen LogP) is 2.15. The van der Waals surface area contributed by atoms with E-state index in [4.69, 9.17) is 8.92 Å². The molecule has 0 radical (unpaired) electrons. The molecule has 140 valence electrons. The molecule has 1 aromatic rings. The van der Waals surface area contributed by atoms with Gasteiger partial charge in [0.2, 0.25) is 5.88 Å². The van der Waals surface area contributed by atoms with Crippen LogP contribution in [0.1, 0.15) is 57.3 Å². The van der Waals surface area contributed by atoms with Crippen LogP contribution in [-0.2, 0) is 28.3 Å². The van der Waals surface area contributed by atoms with E-state index < -0.39 is 15.7 Å². The van der Waals surface area contributed by atoms with Crippen LogP contribution in [0.4, 0.5) is 4.79 Å². The average molecular weight is 371 g/mol. The van der Waals surface area contributed by atoms with Crippen LogP contribution in [0.15, 0.2) is 0 Å². The first kappa shape index (κ1) is 18.0. The summed E-state index contributed by atoms with van der Waals surface area (Å²) >= 11 is 0. The summed E-state index contributed by atoms with van der Waals surface area (Å²) in [6.07, 6.45) is 3.81. The molecule has 1 fully saturated rings. The van der Waals surface area contributed by atoms with Crippen LogP contribution in [0.2, 0.25) is 0 Å². The van der Waals surface area contributed by atoms with Crippen molar-refractivity contribution in [2.24, 2.45) is 7.05 Å². The normalized spacial score (nSPS) is 23.2. The van der Waals surface area contributed by atoms with Gasteiger partial charge in [0.1, 0.15) is 5.60 Å². The first-order valence-electron chi connectivity index (χ1n) is 8.43. The number of ether oxygens (including phenoxy) is 1. The number of rotatable bonds is 2. The topological polar surface area (TPSA) is 90.7 Å². The van der Waals surface area contributed by atoms with Gasteiger partial charge in [-0.15, -0.1) is 0 Å². The molecule has 9 heteroatoms. The number of hydrogen-bond acceptors (Lipinski definition) is 6. The molecule has 0 unspecified atom stereocenters. The molecule has 0 aliphatic carbocycles. The van der Waals surface area contributed by atoms with E-state index in [0.717, 1.165) is 31.1 Å².